The zero-order valence-electron chi connectivity index (χ0n) is 19.0. The van der Waals surface area contributed by atoms with Gasteiger partial charge in [-0.05, 0) is 59.6 Å². The Kier molecular flexibility index (Phi) is 7.37. The first-order valence-electron chi connectivity index (χ1n) is 11.0. The molecule has 1 fully saturated rings. The standard InChI is InChI=1S/C26H33NO4/c1-19-6-5-15-27(16-19)24(28)18-31-25(29)21-9-7-20(8-10-21)17-30-23-13-11-22(12-14-23)26(2,3)4/h7-14,19H,5-6,15-18H2,1-4H3/t19-/m0/s1. The van der Waals surface area contributed by atoms with E-state index in [0.717, 1.165) is 37.2 Å². The van der Waals surface area contributed by atoms with E-state index >= 15 is 0 Å². The van der Waals surface area contributed by atoms with Gasteiger partial charge in [-0.1, -0.05) is 52.0 Å². The molecule has 166 valence electrons. The molecule has 1 heterocycles. The summed E-state index contributed by atoms with van der Waals surface area (Å²) in [4.78, 5) is 26.3. The monoisotopic (exact) mass is 423 g/mol. The van der Waals surface area contributed by atoms with Crippen LogP contribution < -0.4 is 4.74 Å². The lowest BCUT2D eigenvalue weighted by Gasteiger charge is -2.30. The van der Waals surface area contributed by atoms with Crippen molar-refractivity contribution in [3.05, 3.63) is 65.2 Å². The maximum atomic E-state index is 12.3. The van der Waals surface area contributed by atoms with Crippen LogP contribution in [0, 0.1) is 5.92 Å². The molecule has 5 heteroatoms. The summed E-state index contributed by atoms with van der Waals surface area (Å²) in [5, 5.41) is 0. The molecule has 0 unspecified atom stereocenters. The first-order valence-corrected chi connectivity index (χ1v) is 11.0. The third-order valence-electron chi connectivity index (χ3n) is 5.65. The van der Waals surface area contributed by atoms with Gasteiger partial charge in [0.05, 0.1) is 5.56 Å². The Hall–Kier alpha value is -2.82. The number of nitrogens with zero attached hydrogens (tertiary/aromatic N) is 1. The molecule has 5 nitrogen and oxygen atoms in total. The number of hydrogen-bond donors (Lipinski definition) is 0. The van der Waals surface area contributed by atoms with Crippen LogP contribution in [-0.4, -0.2) is 36.5 Å². The van der Waals surface area contributed by atoms with Gasteiger partial charge in [-0.15, -0.1) is 0 Å². The Morgan fingerprint density at radius 3 is 2.32 bits per heavy atom. The number of esters is 1. The van der Waals surface area contributed by atoms with Crippen LogP contribution in [0.2, 0.25) is 0 Å². The summed E-state index contributed by atoms with van der Waals surface area (Å²) in [6, 6.07) is 15.2. The Balaban J connectivity index is 1.47. The van der Waals surface area contributed by atoms with E-state index in [4.69, 9.17) is 9.47 Å². The first-order chi connectivity index (χ1) is 14.7. The van der Waals surface area contributed by atoms with Crippen LogP contribution in [0.4, 0.5) is 0 Å². The van der Waals surface area contributed by atoms with Crippen molar-refractivity contribution in [3.63, 3.8) is 0 Å². The van der Waals surface area contributed by atoms with Gasteiger partial charge in [-0.3, -0.25) is 4.79 Å². The molecule has 0 bridgehead atoms. The van der Waals surface area contributed by atoms with Gasteiger partial charge in [-0.2, -0.15) is 0 Å². The largest absolute Gasteiger partial charge is 0.489 e. The lowest BCUT2D eigenvalue weighted by Crippen LogP contribution is -2.41. The predicted octanol–water partition coefficient (Wildman–Crippen LogP) is 4.98. The van der Waals surface area contributed by atoms with Crippen molar-refractivity contribution >= 4 is 11.9 Å². The van der Waals surface area contributed by atoms with Crippen LogP contribution in [0.15, 0.2) is 48.5 Å². The van der Waals surface area contributed by atoms with Crippen molar-refractivity contribution < 1.29 is 19.1 Å². The number of carbonyl (C=O) groups excluding carboxylic acids is 2. The lowest BCUT2D eigenvalue weighted by atomic mass is 9.87. The van der Waals surface area contributed by atoms with Gasteiger partial charge in [0.25, 0.3) is 5.91 Å². The van der Waals surface area contributed by atoms with Gasteiger partial charge in [0.2, 0.25) is 0 Å². The SMILES string of the molecule is C[C@H]1CCCN(C(=O)COC(=O)c2ccc(COc3ccc(C(C)(C)C)cc3)cc2)C1. The van der Waals surface area contributed by atoms with Crippen molar-refractivity contribution in [2.45, 2.75) is 52.6 Å². The predicted molar refractivity (Wildman–Crippen MR) is 121 cm³/mol. The molecule has 0 aromatic heterocycles. The summed E-state index contributed by atoms with van der Waals surface area (Å²) in [6.07, 6.45) is 2.15. The molecule has 0 spiro atoms. The van der Waals surface area contributed by atoms with Gasteiger partial charge in [-0.25, -0.2) is 4.79 Å². The topological polar surface area (TPSA) is 55.8 Å². The third kappa shape index (κ3) is 6.58. The second-order valence-corrected chi connectivity index (χ2v) is 9.42. The first kappa shape index (κ1) is 22.9. The maximum absolute atomic E-state index is 12.3. The van der Waals surface area contributed by atoms with Crippen molar-refractivity contribution in [3.8, 4) is 5.75 Å². The molecular formula is C26H33NO4. The number of benzene rings is 2. The Morgan fingerprint density at radius 2 is 1.71 bits per heavy atom. The molecular weight excluding hydrogens is 390 g/mol. The Labute approximate surface area is 185 Å². The summed E-state index contributed by atoms with van der Waals surface area (Å²) in [5.74, 6) is 0.702. The Morgan fingerprint density at radius 1 is 1.03 bits per heavy atom. The average molecular weight is 424 g/mol. The van der Waals surface area contributed by atoms with Crippen LogP contribution in [0.1, 0.15) is 62.0 Å². The maximum Gasteiger partial charge on any atom is 0.338 e. The van der Waals surface area contributed by atoms with E-state index in [1.54, 1.807) is 17.0 Å². The minimum absolute atomic E-state index is 0.111. The van der Waals surface area contributed by atoms with E-state index in [0.29, 0.717) is 18.1 Å². The van der Waals surface area contributed by atoms with Crippen LogP contribution in [0.3, 0.4) is 0 Å². The molecule has 31 heavy (non-hydrogen) atoms. The lowest BCUT2D eigenvalue weighted by molar-refractivity contribution is -0.136. The van der Waals surface area contributed by atoms with E-state index < -0.39 is 5.97 Å². The van der Waals surface area contributed by atoms with E-state index in [-0.39, 0.29) is 17.9 Å². The summed E-state index contributed by atoms with van der Waals surface area (Å²) < 4.78 is 11.1. The smallest absolute Gasteiger partial charge is 0.338 e. The number of rotatable bonds is 6. The third-order valence-corrected chi connectivity index (χ3v) is 5.65. The zero-order chi connectivity index (χ0) is 22.4. The molecule has 0 aliphatic carbocycles. The molecule has 3 rings (SSSR count). The highest BCUT2D eigenvalue weighted by atomic mass is 16.5. The second kappa shape index (κ2) is 9.99. The fourth-order valence-corrected chi connectivity index (χ4v) is 3.67. The van der Waals surface area contributed by atoms with Gasteiger partial charge < -0.3 is 14.4 Å². The van der Waals surface area contributed by atoms with Crippen LogP contribution >= 0.6 is 0 Å². The molecule has 1 saturated heterocycles. The van der Waals surface area contributed by atoms with Gasteiger partial charge in [0.15, 0.2) is 6.61 Å². The van der Waals surface area contributed by atoms with Crippen LogP contribution in [-0.2, 0) is 21.6 Å². The van der Waals surface area contributed by atoms with Crippen molar-refractivity contribution in [2.75, 3.05) is 19.7 Å². The molecule has 1 amide bonds. The van der Waals surface area contributed by atoms with Gasteiger partial charge in [0.1, 0.15) is 12.4 Å². The van der Waals surface area contributed by atoms with E-state index in [9.17, 15) is 9.59 Å². The fourth-order valence-electron chi connectivity index (χ4n) is 3.67. The summed E-state index contributed by atoms with van der Waals surface area (Å²) >= 11 is 0. The molecule has 1 aliphatic heterocycles. The van der Waals surface area contributed by atoms with Crippen molar-refractivity contribution in [2.24, 2.45) is 5.92 Å². The number of hydrogen-bond acceptors (Lipinski definition) is 4. The molecule has 2 aromatic carbocycles. The van der Waals surface area contributed by atoms with E-state index in [1.807, 2.05) is 24.3 Å². The number of amides is 1. The van der Waals surface area contributed by atoms with Crippen molar-refractivity contribution in [1.82, 2.24) is 4.90 Å². The number of ether oxygens (including phenoxy) is 2. The molecule has 1 atom stereocenters. The summed E-state index contributed by atoms with van der Waals surface area (Å²) in [5.41, 5.74) is 2.75. The normalized spacial score (nSPS) is 16.6. The van der Waals surface area contributed by atoms with Gasteiger partial charge in [0, 0.05) is 13.1 Å². The highest BCUT2D eigenvalue weighted by molar-refractivity contribution is 5.91. The van der Waals surface area contributed by atoms with Crippen LogP contribution in [0.5, 0.6) is 5.75 Å². The van der Waals surface area contributed by atoms with Crippen LogP contribution in [0.25, 0.3) is 0 Å². The fraction of sp³-hybridized carbons (Fsp3) is 0.462. The minimum atomic E-state index is -0.483. The molecule has 2 aromatic rings. The highest BCUT2D eigenvalue weighted by Crippen LogP contribution is 2.24. The molecule has 0 N–H and O–H groups in total. The zero-order valence-corrected chi connectivity index (χ0v) is 19.0. The number of piperidine rings is 1. The quantitative estimate of drug-likeness (QED) is 0.615. The Bertz CT molecular complexity index is 881. The molecule has 0 saturated carbocycles. The summed E-state index contributed by atoms with van der Waals surface area (Å²) in [6.45, 7) is 10.4. The average Bonchev–Trinajstić information content (AvgIpc) is 2.76. The van der Waals surface area contributed by atoms with Crippen molar-refractivity contribution in [1.29, 1.82) is 0 Å². The van der Waals surface area contributed by atoms with E-state index in [2.05, 4.69) is 39.8 Å². The minimum Gasteiger partial charge on any atom is -0.489 e. The second-order valence-electron chi connectivity index (χ2n) is 9.42. The van der Waals surface area contributed by atoms with Gasteiger partial charge >= 0.3 is 5.97 Å². The molecule has 0 radical (unpaired) electrons. The number of likely N-dealkylation sites (tertiary alicyclic amines) is 1. The number of carbonyl (C=O) groups is 2. The highest BCUT2D eigenvalue weighted by Gasteiger charge is 2.22. The molecule has 1 aliphatic rings. The van der Waals surface area contributed by atoms with E-state index in [1.165, 1.54) is 5.56 Å². The summed E-state index contributed by atoms with van der Waals surface area (Å²) in [7, 11) is 0.